The van der Waals surface area contributed by atoms with E-state index in [1.165, 1.54) is 4.31 Å². The molecule has 1 fully saturated rings. The molecule has 0 N–H and O–H groups in total. The minimum Gasteiger partial charge on any atom is -0.340 e. The number of aromatic nitrogens is 2. The molecule has 8 heteroatoms. The zero-order valence-corrected chi connectivity index (χ0v) is 20.3. The molecule has 31 heavy (non-hydrogen) atoms. The van der Waals surface area contributed by atoms with Crippen molar-refractivity contribution in [2.24, 2.45) is 5.92 Å². The minimum atomic E-state index is -3.56. The fourth-order valence-corrected chi connectivity index (χ4v) is 5.81. The SMILES string of the molecule is Cc1ccc(C)c(S(=O)(=O)N2CCN(C(=O)Cc3c(C)nn(CC(C)C)c3C)CC2)c1. The summed E-state index contributed by atoms with van der Waals surface area (Å²) in [6, 6.07) is 5.48. The Hall–Kier alpha value is -2.19. The van der Waals surface area contributed by atoms with Crippen molar-refractivity contribution in [1.29, 1.82) is 0 Å². The molecule has 170 valence electrons. The average molecular weight is 447 g/mol. The summed E-state index contributed by atoms with van der Waals surface area (Å²) >= 11 is 0. The number of rotatable bonds is 6. The Bertz CT molecular complexity index is 1060. The molecule has 1 aromatic heterocycles. The largest absolute Gasteiger partial charge is 0.340 e. The van der Waals surface area contributed by atoms with Crippen molar-refractivity contribution in [3.63, 3.8) is 0 Å². The van der Waals surface area contributed by atoms with Gasteiger partial charge in [-0.25, -0.2) is 8.42 Å². The van der Waals surface area contributed by atoms with Crippen LogP contribution in [0.2, 0.25) is 0 Å². The topological polar surface area (TPSA) is 75.5 Å². The highest BCUT2D eigenvalue weighted by molar-refractivity contribution is 7.89. The maximum absolute atomic E-state index is 13.1. The molecule has 0 spiro atoms. The zero-order chi connectivity index (χ0) is 22.9. The Labute approximate surface area is 186 Å². The van der Waals surface area contributed by atoms with Gasteiger partial charge in [0.2, 0.25) is 15.9 Å². The predicted octanol–water partition coefficient (Wildman–Crippen LogP) is 2.85. The molecule has 7 nitrogen and oxygen atoms in total. The van der Waals surface area contributed by atoms with E-state index in [-0.39, 0.29) is 5.91 Å². The monoisotopic (exact) mass is 446 g/mol. The highest BCUT2D eigenvalue weighted by Gasteiger charge is 2.31. The average Bonchev–Trinajstić information content (AvgIpc) is 2.96. The van der Waals surface area contributed by atoms with Crippen LogP contribution >= 0.6 is 0 Å². The van der Waals surface area contributed by atoms with E-state index in [2.05, 4.69) is 18.9 Å². The van der Waals surface area contributed by atoms with E-state index < -0.39 is 10.0 Å². The van der Waals surface area contributed by atoms with E-state index in [0.29, 0.717) is 43.4 Å². The van der Waals surface area contributed by atoms with Crippen molar-refractivity contribution in [3.05, 3.63) is 46.3 Å². The highest BCUT2D eigenvalue weighted by atomic mass is 32.2. The second kappa shape index (κ2) is 9.12. The van der Waals surface area contributed by atoms with Gasteiger partial charge in [0.05, 0.1) is 17.0 Å². The van der Waals surface area contributed by atoms with E-state index in [0.717, 1.165) is 34.6 Å². The molecule has 1 saturated heterocycles. The smallest absolute Gasteiger partial charge is 0.243 e. The number of piperazine rings is 1. The van der Waals surface area contributed by atoms with Gasteiger partial charge in [0.25, 0.3) is 0 Å². The first-order chi connectivity index (χ1) is 14.5. The standard InChI is InChI=1S/C23H34N4O3S/c1-16(2)15-27-20(6)21(19(5)24-27)14-23(28)25-9-11-26(12-10-25)31(29,30)22-13-17(3)7-8-18(22)4/h7-8,13,16H,9-12,14-15H2,1-6H3. The third-order valence-electron chi connectivity index (χ3n) is 5.95. The van der Waals surface area contributed by atoms with Gasteiger partial charge >= 0.3 is 0 Å². The van der Waals surface area contributed by atoms with Crippen LogP contribution in [0.25, 0.3) is 0 Å². The van der Waals surface area contributed by atoms with Gasteiger partial charge in [0, 0.05) is 44.0 Å². The Morgan fingerprint density at radius 2 is 1.71 bits per heavy atom. The number of carbonyl (C=O) groups is 1. The van der Waals surface area contributed by atoms with Crippen LogP contribution in [0.15, 0.2) is 23.1 Å². The second-order valence-electron chi connectivity index (χ2n) is 8.96. The molecule has 0 radical (unpaired) electrons. The van der Waals surface area contributed by atoms with Crippen LogP contribution in [0.3, 0.4) is 0 Å². The first kappa shape index (κ1) is 23.5. The molecular weight excluding hydrogens is 412 g/mol. The highest BCUT2D eigenvalue weighted by Crippen LogP contribution is 2.23. The molecule has 2 aromatic rings. The number of benzene rings is 1. The molecule has 0 atom stereocenters. The summed E-state index contributed by atoms with van der Waals surface area (Å²) in [6.45, 7) is 14.2. The van der Waals surface area contributed by atoms with Gasteiger partial charge in [-0.1, -0.05) is 26.0 Å². The van der Waals surface area contributed by atoms with Gasteiger partial charge in [-0.2, -0.15) is 9.40 Å². The maximum Gasteiger partial charge on any atom is 0.243 e. The molecule has 2 heterocycles. The number of sulfonamides is 1. The number of hydrogen-bond donors (Lipinski definition) is 0. The Balaban J connectivity index is 1.67. The quantitative estimate of drug-likeness (QED) is 0.684. The van der Waals surface area contributed by atoms with Crippen LogP contribution in [0.5, 0.6) is 0 Å². The van der Waals surface area contributed by atoms with E-state index in [1.807, 2.05) is 44.5 Å². The molecule has 0 aliphatic carbocycles. The van der Waals surface area contributed by atoms with Gasteiger partial charge in [0.1, 0.15) is 0 Å². The third-order valence-corrected chi connectivity index (χ3v) is 7.99. The number of nitrogens with zero attached hydrogens (tertiary/aromatic N) is 4. The first-order valence-corrected chi connectivity index (χ1v) is 12.3. The van der Waals surface area contributed by atoms with Crippen LogP contribution < -0.4 is 0 Å². The lowest BCUT2D eigenvalue weighted by atomic mass is 10.1. The van der Waals surface area contributed by atoms with Gasteiger partial charge < -0.3 is 4.90 Å². The number of carbonyl (C=O) groups excluding carboxylic acids is 1. The van der Waals surface area contributed by atoms with Gasteiger partial charge in [-0.3, -0.25) is 9.48 Å². The van der Waals surface area contributed by atoms with Crippen molar-refractivity contribution in [1.82, 2.24) is 19.0 Å². The summed E-state index contributed by atoms with van der Waals surface area (Å²) in [5, 5.41) is 4.60. The van der Waals surface area contributed by atoms with Crippen LogP contribution in [-0.4, -0.2) is 59.5 Å². The van der Waals surface area contributed by atoms with Crippen molar-refractivity contribution in [2.75, 3.05) is 26.2 Å². The van der Waals surface area contributed by atoms with E-state index >= 15 is 0 Å². The summed E-state index contributed by atoms with van der Waals surface area (Å²) in [7, 11) is -3.56. The van der Waals surface area contributed by atoms with Crippen molar-refractivity contribution >= 4 is 15.9 Å². The molecule has 1 aliphatic rings. The number of aryl methyl sites for hydroxylation is 3. The summed E-state index contributed by atoms with van der Waals surface area (Å²) in [5.41, 5.74) is 4.57. The van der Waals surface area contributed by atoms with Crippen molar-refractivity contribution < 1.29 is 13.2 Å². The lowest BCUT2D eigenvalue weighted by molar-refractivity contribution is -0.131. The molecule has 0 saturated carbocycles. The first-order valence-electron chi connectivity index (χ1n) is 10.9. The fourth-order valence-electron chi connectivity index (χ4n) is 4.08. The second-order valence-corrected chi connectivity index (χ2v) is 10.9. The maximum atomic E-state index is 13.1. The summed E-state index contributed by atoms with van der Waals surface area (Å²) in [5.74, 6) is 0.507. The third kappa shape index (κ3) is 5.01. The normalized spacial score (nSPS) is 15.6. The molecule has 0 unspecified atom stereocenters. The molecular formula is C23H34N4O3S. The predicted molar refractivity (Wildman–Crippen MR) is 121 cm³/mol. The lowest BCUT2D eigenvalue weighted by Crippen LogP contribution is -2.51. The fraction of sp³-hybridized carbons (Fsp3) is 0.565. The number of amides is 1. The van der Waals surface area contributed by atoms with Crippen LogP contribution in [0.4, 0.5) is 0 Å². The molecule has 3 rings (SSSR count). The van der Waals surface area contributed by atoms with E-state index in [9.17, 15) is 13.2 Å². The zero-order valence-electron chi connectivity index (χ0n) is 19.5. The van der Waals surface area contributed by atoms with Crippen LogP contribution in [0, 0.1) is 33.6 Å². The van der Waals surface area contributed by atoms with Gasteiger partial charge in [-0.15, -0.1) is 0 Å². The van der Waals surface area contributed by atoms with E-state index in [1.54, 1.807) is 11.0 Å². The van der Waals surface area contributed by atoms with E-state index in [4.69, 9.17) is 0 Å². The number of hydrogen-bond acceptors (Lipinski definition) is 4. The molecule has 1 aliphatic heterocycles. The van der Waals surface area contributed by atoms with Gasteiger partial charge in [-0.05, 0) is 50.8 Å². The molecule has 1 aromatic carbocycles. The Kier molecular flexibility index (Phi) is 6.91. The summed E-state index contributed by atoms with van der Waals surface area (Å²) in [6.07, 6.45) is 0.305. The van der Waals surface area contributed by atoms with Crippen LogP contribution in [0.1, 0.15) is 41.9 Å². The lowest BCUT2D eigenvalue weighted by Gasteiger charge is -2.34. The van der Waals surface area contributed by atoms with Gasteiger partial charge in [0.15, 0.2) is 0 Å². The van der Waals surface area contributed by atoms with Crippen molar-refractivity contribution in [3.8, 4) is 0 Å². The van der Waals surface area contributed by atoms with Crippen LogP contribution in [-0.2, 0) is 27.8 Å². The minimum absolute atomic E-state index is 0.0269. The Morgan fingerprint density at radius 3 is 2.32 bits per heavy atom. The molecule has 0 bridgehead atoms. The molecule has 1 amide bonds. The van der Waals surface area contributed by atoms with Crippen molar-refractivity contribution in [2.45, 2.75) is 59.4 Å². The summed E-state index contributed by atoms with van der Waals surface area (Å²) < 4.78 is 29.7. The summed E-state index contributed by atoms with van der Waals surface area (Å²) in [4.78, 5) is 15.1. The Morgan fingerprint density at radius 1 is 1.06 bits per heavy atom.